The Morgan fingerprint density at radius 3 is 2.53 bits per heavy atom. The van der Waals surface area contributed by atoms with Gasteiger partial charge in [0, 0.05) is 38.9 Å². The third-order valence-electron chi connectivity index (χ3n) is 6.37. The summed E-state index contributed by atoms with van der Waals surface area (Å²) in [5, 5.41) is 6.35. The molecule has 9 nitrogen and oxygen atoms in total. The van der Waals surface area contributed by atoms with Crippen LogP contribution >= 0.6 is 0 Å². The van der Waals surface area contributed by atoms with Gasteiger partial charge < -0.3 is 30.9 Å². The van der Waals surface area contributed by atoms with Crippen molar-refractivity contribution < 1.29 is 14.3 Å². The number of ether oxygens (including phenoxy) is 1. The number of piperidine rings is 1. The average molecular weight is 467 g/mol. The topological polar surface area (TPSA) is 113 Å². The van der Waals surface area contributed by atoms with Crippen molar-refractivity contribution in [1.82, 2.24) is 15.2 Å². The van der Waals surface area contributed by atoms with E-state index in [4.69, 9.17) is 10.5 Å². The van der Waals surface area contributed by atoms with Gasteiger partial charge in [-0.3, -0.25) is 4.79 Å². The second-order valence-electron chi connectivity index (χ2n) is 9.26. The van der Waals surface area contributed by atoms with E-state index in [0.29, 0.717) is 18.3 Å². The molecule has 4 rings (SSSR count). The van der Waals surface area contributed by atoms with Crippen LogP contribution in [-0.4, -0.2) is 61.2 Å². The quantitative estimate of drug-likeness (QED) is 0.576. The maximum atomic E-state index is 12.1. The number of carbonyl (C=O) groups is 2. The lowest BCUT2D eigenvalue weighted by molar-refractivity contribution is 0.0996. The molecule has 182 valence electrons. The molecular formula is C25H34N6O3. The maximum Gasteiger partial charge on any atom is 0.317 e. The summed E-state index contributed by atoms with van der Waals surface area (Å²) in [6, 6.07) is 9.56. The van der Waals surface area contributed by atoms with Gasteiger partial charge in [-0.1, -0.05) is 0 Å². The Morgan fingerprint density at radius 1 is 1.12 bits per heavy atom. The minimum atomic E-state index is -0.593. The van der Waals surface area contributed by atoms with E-state index in [1.165, 1.54) is 17.7 Å². The Kier molecular flexibility index (Phi) is 7.40. The maximum absolute atomic E-state index is 12.1. The molecule has 1 aromatic heterocycles. The van der Waals surface area contributed by atoms with E-state index in [-0.39, 0.29) is 17.8 Å². The van der Waals surface area contributed by atoms with E-state index >= 15 is 0 Å². The first-order valence-electron chi connectivity index (χ1n) is 12.0. The van der Waals surface area contributed by atoms with Crippen molar-refractivity contribution in [3.05, 3.63) is 42.2 Å². The van der Waals surface area contributed by atoms with Crippen molar-refractivity contribution in [2.45, 2.75) is 50.7 Å². The van der Waals surface area contributed by atoms with Crippen molar-refractivity contribution in [3.8, 4) is 5.75 Å². The van der Waals surface area contributed by atoms with Gasteiger partial charge in [0.15, 0.2) is 5.69 Å². The summed E-state index contributed by atoms with van der Waals surface area (Å²) in [7, 11) is 3.46. The molecule has 1 aliphatic heterocycles. The molecule has 2 aromatic rings. The number of aromatic nitrogens is 1. The summed E-state index contributed by atoms with van der Waals surface area (Å²) >= 11 is 0. The third-order valence-corrected chi connectivity index (χ3v) is 6.37. The van der Waals surface area contributed by atoms with Crippen molar-refractivity contribution in [2.75, 3.05) is 37.4 Å². The van der Waals surface area contributed by atoms with Crippen molar-refractivity contribution >= 4 is 29.0 Å². The standard InChI is InChI=1S/C25H34N6O3/c1-30(2)25(33)29-18-6-5-13-31(16-18)19-14-22(23(24(26)32)27-15-19)28-17-9-11-21(12-10-17)34-20-7-3-4-8-20/h9-12,14-15,18,20,28H,3-8,13,16H2,1-2H3,(H2,26,32)(H,29,33). The second-order valence-corrected chi connectivity index (χ2v) is 9.26. The molecule has 2 heterocycles. The summed E-state index contributed by atoms with van der Waals surface area (Å²) in [6.07, 6.45) is 8.50. The first-order chi connectivity index (χ1) is 16.4. The minimum Gasteiger partial charge on any atom is -0.490 e. The molecular weight excluding hydrogens is 432 g/mol. The van der Waals surface area contributed by atoms with Crippen molar-refractivity contribution in [3.63, 3.8) is 0 Å². The van der Waals surface area contributed by atoms with Crippen LogP contribution in [0.15, 0.2) is 36.5 Å². The number of pyridine rings is 1. The largest absolute Gasteiger partial charge is 0.490 e. The zero-order valence-electron chi connectivity index (χ0n) is 19.9. The number of benzene rings is 1. The van der Waals surface area contributed by atoms with Gasteiger partial charge in [0.05, 0.1) is 23.7 Å². The number of primary amides is 1. The number of anilines is 3. The molecule has 0 radical (unpaired) electrons. The highest BCUT2D eigenvalue weighted by Gasteiger charge is 2.24. The van der Waals surface area contributed by atoms with E-state index in [1.807, 2.05) is 30.3 Å². The second kappa shape index (κ2) is 10.6. The van der Waals surface area contributed by atoms with Gasteiger partial charge in [-0.25, -0.2) is 9.78 Å². The summed E-state index contributed by atoms with van der Waals surface area (Å²) in [4.78, 5) is 32.1. The molecule has 2 aliphatic rings. The smallest absolute Gasteiger partial charge is 0.317 e. The summed E-state index contributed by atoms with van der Waals surface area (Å²) < 4.78 is 6.04. The highest BCUT2D eigenvalue weighted by molar-refractivity contribution is 5.97. The van der Waals surface area contributed by atoms with Gasteiger partial charge in [-0.15, -0.1) is 0 Å². The van der Waals surface area contributed by atoms with Gasteiger partial charge >= 0.3 is 6.03 Å². The number of hydrogen-bond donors (Lipinski definition) is 3. The number of amides is 3. The van der Waals surface area contributed by atoms with Crippen LogP contribution in [-0.2, 0) is 0 Å². The van der Waals surface area contributed by atoms with Crippen LogP contribution in [0.1, 0.15) is 49.0 Å². The van der Waals surface area contributed by atoms with Crippen LogP contribution in [0.25, 0.3) is 0 Å². The Bertz CT molecular complexity index is 1000. The Balaban J connectivity index is 1.47. The number of nitrogens with two attached hydrogens (primary N) is 1. The third kappa shape index (κ3) is 5.89. The molecule has 1 aromatic carbocycles. The lowest BCUT2D eigenvalue weighted by Crippen LogP contribution is -2.50. The van der Waals surface area contributed by atoms with Gasteiger partial charge in [0.1, 0.15) is 5.75 Å². The lowest BCUT2D eigenvalue weighted by atomic mass is 10.1. The first kappa shape index (κ1) is 23.7. The van der Waals surface area contributed by atoms with Crippen LogP contribution in [0.2, 0.25) is 0 Å². The molecule has 1 atom stereocenters. The molecule has 0 bridgehead atoms. The van der Waals surface area contributed by atoms with E-state index in [9.17, 15) is 9.59 Å². The van der Waals surface area contributed by atoms with Crippen molar-refractivity contribution in [1.29, 1.82) is 0 Å². The van der Waals surface area contributed by atoms with Crippen LogP contribution in [0.3, 0.4) is 0 Å². The molecule has 1 unspecified atom stereocenters. The van der Waals surface area contributed by atoms with Gasteiger partial charge in [0.2, 0.25) is 0 Å². The zero-order valence-corrected chi connectivity index (χ0v) is 19.9. The monoisotopic (exact) mass is 466 g/mol. The number of carbonyl (C=O) groups excluding carboxylic acids is 2. The molecule has 1 saturated carbocycles. The zero-order chi connectivity index (χ0) is 24.1. The molecule has 2 fully saturated rings. The Morgan fingerprint density at radius 2 is 1.85 bits per heavy atom. The van der Waals surface area contributed by atoms with Crippen LogP contribution in [0.4, 0.5) is 21.9 Å². The number of urea groups is 1. The highest BCUT2D eigenvalue weighted by Crippen LogP contribution is 2.29. The lowest BCUT2D eigenvalue weighted by Gasteiger charge is -2.35. The average Bonchev–Trinajstić information content (AvgIpc) is 3.33. The summed E-state index contributed by atoms with van der Waals surface area (Å²) in [5.74, 6) is 0.253. The molecule has 9 heteroatoms. The Hall–Kier alpha value is -3.49. The fourth-order valence-electron chi connectivity index (χ4n) is 4.52. The van der Waals surface area contributed by atoms with Crippen LogP contribution in [0, 0.1) is 0 Å². The molecule has 1 saturated heterocycles. The highest BCUT2D eigenvalue weighted by atomic mass is 16.5. The van der Waals surface area contributed by atoms with E-state index in [0.717, 1.165) is 49.4 Å². The van der Waals surface area contributed by atoms with Gasteiger partial charge in [0.25, 0.3) is 5.91 Å². The fourth-order valence-corrected chi connectivity index (χ4v) is 4.52. The first-order valence-corrected chi connectivity index (χ1v) is 12.0. The minimum absolute atomic E-state index is 0.0447. The predicted octanol–water partition coefficient (Wildman–Crippen LogP) is 3.49. The van der Waals surface area contributed by atoms with Crippen molar-refractivity contribution in [2.24, 2.45) is 5.73 Å². The fraction of sp³-hybridized carbons (Fsp3) is 0.480. The normalized spacial score (nSPS) is 18.4. The number of hydrogen-bond acceptors (Lipinski definition) is 6. The van der Waals surface area contributed by atoms with E-state index in [2.05, 4.69) is 20.5 Å². The molecule has 0 spiro atoms. The molecule has 3 amide bonds. The Labute approximate surface area is 200 Å². The number of nitrogens with zero attached hydrogens (tertiary/aromatic N) is 3. The SMILES string of the molecule is CN(C)C(=O)NC1CCCN(c2cnc(C(N)=O)c(Nc3ccc(OC4CCCC4)cc3)c2)C1. The molecule has 34 heavy (non-hydrogen) atoms. The van der Waals surface area contributed by atoms with E-state index in [1.54, 1.807) is 20.3 Å². The summed E-state index contributed by atoms with van der Waals surface area (Å²) in [5.41, 5.74) is 8.01. The van der Waals surface area contributed by atoms with Crippen LogP contribution in [0.5, 0.6) is 5.75 Å². The number of nitrogens with one attached hydrogen (secondary N) is 2. The molecule has 4 N–H and O–H groups in total. The summed E-state index contributed by atoms with van der Waals surface area (Å²) in [6.45, 7) is 1.52. The van der Waals surface area contributed by atoms with Gasteiger partial charge in [-0.05, 0) is 68.9 Å². The van der Waals surface area contributed by atoms with E-state index < -0.39 is 5.91 Å². The number of rotatable bonds is 7. The van der Waals surface area contributed by atoms with Gasteiger partial charge in [-0.2, -0.15) is 0 Å². The van der Waals surface area contributed by atoms with Crippen LogP contribution < -0.4 is 26.0 Å². The molecule has 1 aliphatic carbocycles. The predicted molar refractivity (Wildman–Crippen MR) is 133 cm³/mol.